The lowest BCUT2D eigenvalue weighted by Gasteiger charge is -2.11. The SMILES string of the molecule is OOc1ccc(C=Cc2ccccc2)c(C=Cc2ccccc2)c1C=Cc1ccccc1. The highest BCUT2D eigenvalue weighted by Gasteiger charge is 2.10. The number of hydrogen-bond acceptors (Lipinski definition) is 2. The molecule has 0 saturated carbocycles. The summed E-state index contributed by atoms with van der Waals surface area (Å²) in [6, 6.07) is 34.1. The summed E-state index contributed by atoms with van der Waals surface area (Å²) in [4.78, 5) is 4.74. The number of rotatable bonds is 7. The fourth-order valence-electron chi connectivity index (χ4n) is 3.45. The topological polar surface area (TPSA) is 29.5 Å². The Balaban J connectivity index is 1.80. The van der Waals surface area contributed by atoms with Crippen molar-refractivity contribution in [3.05, 3.63) is 137 Å². The van der Waals surface area contributed by atoms with Crippen molar-refractivity contribution in [1.82, 2.24) is 0 Å². The van der Waals surface area contributed by atoms with Gasteiger partial charge in [-0.2, -0.15) is 0 Å². The lowest BCUT2D eigenvalue weighted by Crippen LogP contribution is -1.94. The van der Waals surface area contributed by atoms with E-state index in [0.29, 0.717) is 5.75 Å². The van der Waals surface area contributed by atoms with E-state index in [9.17, 15) is 5.26 Å². The van der Waals surface area contributed by atoms with E-state index in [1.807, 2.05) is 84.9 Å². The standard InChI is InChI=1S/C30H24O2/c31-32-30-23-20-27(19-16-24-10-4-1-5-11-24)28(21-17-25-12-6-2-7-13-25)29(30)22-18-26-14-8-3-9-15-26/h1-23,31H. The zero-order valence-electron chi connectivity index (χ0n) is 17.6. The quantitative estimate of drug-likeness (QED) is 0.188. The van der Waals surface area contributed by atoms with Gasteiger partial charge in [0.2, 0.25) is 0 Å². The lowest BCUT2D eigenvalue weighted by molar-refractivity contribution is -0.137. The average Bonchev–Trinajstić information content (AvgIpc) is 2.87. The van der Waals surface area contributed by atoms with Crippen molar-refractivity contribution in [2.24, 2.45) is 0 Å². The van der Waals surface area contributed by atoms with Crippen LogP contribution in [0.2, 0.25) is 0 Å². The molecule has 32 heavy (non-hydrogen) atoms. The summed E-state index contributed by atoms with van der Waals surface area (Å²) in [5.41, 5.74) is 6.07. The van der Waals surface area contributed by atoms with Gasteiger partial charge >= 0.3 is 0 Å². The first-order chi connectivity index (χ1) is 15.8. The predicted octanol–water partition coefficient (Wildman–Crippen LogP) is 8.05. The zero-order valence-corrected chi connectivity index (χ0v) is 17.6. The first-order valence-corrected chi connectivity index (χ1v) is 10.5. The van der Waals surface area contributed by atoms with Crippen molar-refractivity contribution in [1.29, 1.82) is 0 Å². The molecule has 0 fully saturated rings. The smallest absolute Gasteiger partial charge is 0.172 e. The molecule has 0 aliphatic rings. The molecule has 0 unspecified atom stereocenters. The molecule has 0 aromatic heterocycles. The highest BCUT2D eigenvalue weighted by atomic mass is 17.1. The molecule has 0 atom stereocenters. The summed E-state index contributed by atoms with van der Waals surface area (Å²) in [5.74, 6) is 0.404. The van der Waals surface area contributed by atoms with E-state index in [1.54, 1.807) is 6.07 Å². The van der Waals surface area contributed by atoms with Crippen LogP contribution >= 0.6 is 0 Å². The van der Waals surface area contributed by atoms with Gasteiger partial charge in [-0.25, -0.2) is 5.26 Å². The van der Waals surface area contributed by atoms with Crippen LogP contribution in [0.25, 0.3) is 36.5 Å². The fourth-order valence-corrected chi connectivity index (χ4v) is 3.45. The molecule has 0 saturated heterocycles. The Kier molecular flexibility index (Phi) is 7.10. The van der Waals surface area contributed by atoms with Crippen molar-refractivity contribution >= 4 is 36.5 Å². The molecule has 0 aliphatic carbocycles. The van der Waals surface area contributed by atoms with E-state index in [-0.39, 0.29) is 0 Å². The summed E-state index contributed by atoms with van der Waals surface area (Å²) in [6.07, 6.45) is 12.3. The molecule has 0 amide bonds. The highest BCUT2D eigenvalue weighted by Crippen LogP contribution is 2.31. The summed E-state index contributed by atoms with van der Waals surface area (Å²) < 4.78 is 0. The van der Waals surface area contributed by atoms with Crippen molar-refractivity contribution in [3.8, 4) is 5.75 Å². The maximum Gasteiger partial charge on any atom is 0.172 e. The summed E-state index contributed by atoms with van der Waals surface area (Å²) in [6.45, 7) is 0. The molecular formula is C30H24O2. The van der Waals surface area contributed by atoms with E-state index in [0.717, 1.165) is 33.4 Å². The van der Waals surface area contributed by atoms with Crippen molar-refractivity contribution < 1.29 is 10.1 Å². The van der Waals surface area contributed by atoms with Crippen LogP contribution < -0.4 is 4.89 Å². The summed E-state index contributed by atoms with van der Waals surface area (Å²) >= 11 is 0. The average molecular weight is 417 g/mol. The van der Waals surface area contributed by atoms with Gasteiger partial charge in [0, 0.05) is 5.56 Å². The van der Waals surface area contributed by atoms with Crippen LogP contribution in [0.15, 0.2) is 103 Å². The van der Waals surface area contributed by atoms with Gasteiger partial charge in [-0.05, 0) is 40.0 Å². The number of benzene rings is 4. The third-order valence-electron chi connectivity index (χ3n) is 5.12. The normalized spacial score (nSPS) is 11.5. The predicted molar refractivity (Wildman–Crippen MR) is 136 cm³/mol. The molecule has 0 aliphatic heterocycles. The minimum absolute atomic E-state index is 0.404. The van der Waals surface area contributed by atoms with Gasteiger partial charge in [0.05, 0.1) is 0 Å². The second-order valence-corrected chi connectivity index (χ2v) is 7.30. The molecule has 0 spiro atoms. The Morgan fingerprint density at radius 2 is 0.875 bits per heavy atom. The fraction of sp³-hybridized carbons (Fsp3) is 0. The molecular weight excluding hydrogens is 392 g/mol. The molecule has 4 rings (SSSR count). The minimum atomic E-state index is 0.404. The van der Waals surface area contributed by atoms with Gasteiger partial charge in [-0.3, -0.25) is 0 Å². The van der Waals surface area contributed by atoms with Gasteiger partial charge in [-0.15, -0.1) is 0 Å². The molecule has 0 heterocycles. The molecule has 156 valence electrons. The van der Waals surface area contributed by atoms with Crippen LogP contribution in [-0.2, 0) is 0 Å². The summed E-state index contributed by atoms with van der Waals surface area (Å²) in [5, 5.41) is 9.55. The van der Waals surface area contributed by atoms with Crippen molar-refractivity contribution in [2.75, 3.05) is 0 Å². The monoisotopic (exact) mass is 416 g/mol. The third-order valence-corrected chi connectivity index (χ3v) is 5.12. The molecule has 4 aromatic carbocycles. The van der Waals surface area contributed by atoms with Gasteiger partial charge in [0.1, 0.15) is 0 Å². The Labute approximate surface area is 189 Å². The molecule has 0 radical (unpaired) electrons. The Morgan fingerprint density at radius 1 is 0.438 bits per heavy atom. The van der Waals surface area contributed by atoms with Crippen molar-refractivity contribution in [2.45, 2.75) is 0 Å². The maximum atomic E-state index is 9.55. The maximum absolute atomic E-state index is 9.55. The van der Waals surface area contributed by atoms with E-state index < -0.39 is 0 Å². The van der Waals surface area contributed by atoms with Crippen LogP contribution in [0.4, 0.5) is 0 Å². The van der Waals surface area contributed by atoms with Crippen LogP contribution in [0.5, 0.6) is 5.75 Å². The van der Waals surface area contributed by atoms with Crippen LogP contribution in [0.3, 0.4) is 0 Å². The second-order valence-electron chi connectivity index (χ2n) is 7.30. The van der Waals surface area contributed by atoms with Gasteiger partial charge in [0.15, 0.2) is 5.75 Å². The minimum Gasteiger partial charge on any atom is -0.340 e. The molecule has 2 heteroatoms. The van der Waals surface area contributed by atoms with Gasteiger partial charge in [0.25, 0.3) is 0 Å². The molecule has 1 N–H and O–H groups in total. The Morgan fingerprint density at radius 3 is 1.34 bits per heavy atom. The Hall–Kier alpha value is -4.14. The third kappa shape index (κ3) is 5.51. The largest absolute Gasteiger partial charge is 0.340 e. The molecule has 0 bridgehead atoms. The zero-order chi connectivity index (χ0) is 22.0. The van der Waals surface area contributed by atoms with Gasteiger partial charge < -0.3 is 4.89 Å². The molecule has 4 aromatic rings. The first kappa shape index (κ1) is 21.1. The highest BCUT2D eigenvalue weighted by molar-refractivity contribution is 5.87. The van der Waals surface area contributed by atoms with E-state index in [1.165, 1.54) is 0 Å². The summed E-state index contributed by atoms with van der Waals surface area (Å²) in [7, 11) is 0. The van der Waals surface area contributed by atoms with Crippen molar-refractivity contribution in [3.63, 3.8) is 0 Å². The lowest BCUT2D eigenvalue weighted by atomic mass is 9.96. The van der Waals surface area contributed by atoms with Crippen LogP contribution in [0, 0.1) is 0 Å². The van der Waals surface area contributed by atoms with E-state index in [2.05, 4.69) is 48.6 Å². The molecule has 2 nitrogen and oxygen atoms in total. The van der Waals surface area contributed by atoms with E-state index >= 15 is 0 Å². The first-order valence-electron chi connectivity index (χ1n) is 10.5. The number of hydrogen-bond donors (Lipinski definition) is 1. The van der Waals surface area contributed by atoms with Crippen LogP contribution in [0.1, 0.15) is 33.4 Å². The van der Waals surface area contributed by atoms with Gasteiger partial charge in [-0.1, -0.05) is 127 Å². The Bertz CT molecular complexity index is 1220. The van der Waals surface area contributed by atoms with Crippen LogP contribution in [-0.4, -0.2) is 5.26 Å². The second kappa shape index (κ2) is 10.8. The van der Waals surface area contributed by atoms with E-state index in [4.69, 9.17) is 4.89 Å².